The maximum absolute atomic E-state index is 12.8. The highest BCUT2D eigenvalue weighted by molar-refractivity contribution is 5.99. The number of hydrogen-bond acceptors (Lipinski definition) is 5. The maximum Gasteiger partial charge on any atom is 0.254 e. The monoisotopic (exact) mass is 301 g/mol. The molecule has 1 aromatic rings. The average molecular weight is 301 g/mol. The molecule has 0 aromatic heterocycles. The zero-order valence-corrected chi connectivity index (χ0v) is 11.7. The first-order chi connectivity index (χ1) is 10.6. The van der Waals surface area contributed by atoms with Crippen molar-refractivity contribution < 1.29 is 24.5 Å². The van der Waals surface area contributed by atoms with Crippen molar-refractivity contribution in [2.24, 2.45) is 0 Å². The Morgan fingerprint density at radius 1 is 1.18 bits per heavy atom. The molecule has 0 bridgehead atoms. The van der Waals surface area contributed by atoms with Gasteiger partial charge in [-0.25, -0.2) is 0 Å². The minimum absolute atomic E-state index is 0.0402. The van der Waals surface area contributed by atoms with Gasteiger partial charge in [-0.1, -0.05) is 6.08 Å². The number of amides is 1. The van der Waals surface area contributed by atoms with E-state index in [1.165, 1.54) is 0 Å². The van der Waals surface area contributed by atoms with E-state index in [1.54, 1.807) is 23.1 Å². The van der Waals surface area contributed by atoms with E-state index < -0.39 is 12.2 Å². The number of rotatable bonds is 0. The molecule has 1 fully saturated rings. The van der Waals surface area contributed by atoms with Gasteiger partial charge in [-0.05, 0) is 29.7 Å². The Morgan fingerprint density at radius 3 is 2.77 bits per heavy atom. The van der Waals surface area contributed by atoms with Gasteiger partial charge in [0.2, 0.25) is 6.79 Å². The van der Waals surface area contributed by atoms with Crippen molar-refractivity contribution in [3.8, 4) is 11.5 Å². The van der Waals surface area contributed by atoms with E-state index in [1.807, 2.05) is 0 Å². The first-order valence-corrected chi connectivity index (χ1v) is 7.46. The third-order valence-corrected chi connectivity index (χ3v) is 5.20. The molecule has 0 spiro atoms. The second-order valence-electron chi connectivity index (χ2n) is 6.23. The SMILES string of the molecule is O=C1c2cc3c(cc2[C@@H]2[C@H](O)[C@@H](O)C=C4CCN1[C@H]42)OCO3. The molecule has 6 nitrogen and oxygen atoms in total. The van der Waals surface area contributed by atoms with Crippen LogP contribution >= 0.6 is 0 Å². The minimum Gasteiger partial charge on any atom is -0.454 e. The van der Waals surface area contributed by atoms with Crippen LogP contribution in [-0.4, -0.2) is 52.6 Å². The normalized spacial score (nSPS) is 34.4. The molecular formula is C16H15NO5. The molecule has 3 aliphatic heterocycles. The second-order valence-corrected chi connectivity index (χ2v) is 6.23. The van der Waals surface area contributed by atoms with Crippen LogP contribution in [0.3, 0.4) is 0 Å². The van der Waals surface area contributed by atoms with E-state index >= 15 is 0 Å². The van der Waals surface area contributed by atoms with Gasteiger partial charge < -0.3 is 24.6 Å². The molecule has 0 radical (unpaired) electrons. The largest absolute Gasteiger partial charge is 0.454 e. The Morgan fingerprint density at radius 2 is 1.95 bits per heavy atom. The molecule has 1 saturated heterocycles. The number of ether oxygens (including phenoxy) is 2. The standard InChI is InChI=1S/C16H15NO5/c18-10-3-7-1-2-17-14(7)13(15(10)19)8-4-11-12(22-6-21-11)5-9(8)16(17)20/h3-5,10,13-15,18-19H,1-2,6H2/t10-,13-,14+,15+/m0/s1. The summed E-state index contributed by atoms with van der Waals surface area (Å²) in [4.78, 5) is 14.6. The summed E-state index contributed by atoms with van der Waals surface area (Å²) in [5, 5.41) is 20.6. The van der Waals surface area contributed by atoms with E-state index in [4.69, 9.17) is 9.47 Å². The van der Waals surface area contributed by atoms with Gasteiger partial charge in [0, 0.05) is 18.0 Å². The van der Waals surface area contributed by atoms with Crippen molar-refractivity contribution in [3.05, 3.63) is 34.9 Å². The Hall–Kier alpha value is -2.05. The molecular weight excluding hydrogens is 286 g/mol. The number of aliphatic hydroxyl groups excluding tert-OH is 2. The summed E-state index contributed by atoms with van der Waals surface area (Å²) in [5.41, 5.74) is 2.33. The van der Waals surface area contributed by atoms with Crippen LogP contribution in [0.15, 0.2) is 23.8 Å². The minimum atomic E-state index is -0.929. The first kappa shape index (κ1) is 12.5. The maximum atomic E-state index is 12.8. The lowest BCUT2D eigenvalue weighted by Gasteiger charge is -2.44. The molecule has 4 atom stereocenters. The molecule has 1 amide bonds. The number of carbonyl (C=O) groups is 1. The van der Waals surface area contributed by atoms with E-state index in [0.717, 1.165) is 17.6 Å². The number of benzene rings is 1. The van der Waals surface area contributed by atoms with Crippen LogP contribution in [0.25, 0.3) is 0 Å². The van der Waals surface area contributed by atoms with Gasteiger partial charge in [-0.2, -0.15) is 0 Å². The lowest BCUT2D eigenvalue weighted by atomic mass is 9.73. The summed E-state index contributed by atoms with van der Waals surface area (Å²) in [5.74, 6) is 0.795. The number of nitrogens with zero attached hydrogens (tertiary/aromatic N) is 1. The molecule has 6 heteroatoms. The van der Waals surface area contributed by atoms with Crippen molar-refractivity contribution in [2.45, 2.75) is 30.6 Å². The van der Waals surface area contributed by atoms with Crippen LogP contribution in [0, 0.1) is 0 Å². The molecule has 4 aliphatic rings. The Labute approximate surface area is 126 Å². The zero-order chi connectivity index (χ0) is 15.0. The third-order valence-electron chi connectivity index (χ3n) is 5.20. The fraction of sp³-hybridized carbons (Fsp3) is 0.438. The lowest BCUT2D eigenvalue weighted by Crippen LogP contribution is -2.52. The Bertz CT molecular complexity index is 727. The topological polar surface area (TPSA) is 79.2 Å². The van der Waals surface area contributed by atoms with E-state index in [2.05, 4.69) is 0 Å². The molecule has 22 heavy (non-hydrogen) atoms. The van der Waals surface area contributed by atoms with E-state index in [9.17, 15) is 15.0 Å². The summed E-state index contributed by atoms with van der Waals surface area (Å²) < 4.78 is 10.8. The predicted octanol–water partition coefficient (Wildman–Crippen LogP) is 0.389. The highest BCUT2D eigenvalue weighted by Gasteiger charge is 2.51. The quantitative estimate of drug-likeness (QED) is 0.678. The number of carbonyl (C=O) groups excluding carboxylic acids is 1. The van der Waals surface area contributed by atoms with Crippen LogP contribution in [0.4, 0.5) is 0 Å². The van der Waals surface area contributed by atoms with Gasteiger partial charge in [0.15, 0.2) is 11.5 Å². The fourth-order valence-corrected chi connectivity index (χ4v) is 4.22. The lowest BCUT2D eigenvalue weighted by molar-refractivity contribution is 0.00126. The van der Waals surface area contributed by atoms with Gasteiger partial charge >= 0.3 is 0 Å². The summed E-state index contributed by atoms with van der Waals surface area (Å²) in [6.07, 6.45) is 0.623. The third kappa shape index (κ3) is 1.39. The smallest absolute Gasteiger partial charge is 0.254 e. The molecule has 0 saturated carbocycles. The van der Waals surface area contributed by atoms with Crippen LogP contribution in [-0.2, 0) is 0 Å². The predicted molar refractivity (Wildman–Crippen MR) is 74.8 cm³/mol. The van der Waals surface area contributed by atoms with E-state index in [-0.39, 0.29) is 24.7 Å². The number of hydrogen-bond donors (Lipinski definition) is 2. The van der Waals surface area contributed by atoms with Crippen molar-refractivity contribution >= 4 is 5.91 Å². The first-order valence-electron chi connectivity index (χ1n) is 7.46. The Kier molecular flexibility index (Phi) is 2.28. The molecule has 114 valence electrons. The zero-order valence-electron chi connectivity index (χ0n) is 11.7. The van der Waals surface area contributed by atoms with Gasteiger partial charge in [-0.15, -0.1) is 0 Å². The molecule has 1 aliphatic carbocycles. The summed E-state index contributed by atoms with van der Waals surface area (Å²) in [7, 11) is 0. The highest BCUT2D eigenvalue weighted by Crippen LogP contribution is 2.49. The Balaban J connectivity index is 1.75. The molecule has 2 N–H and O–H groups in total. The van der Waals surface area contributed by atoms with Crippen LogP contribution in [0.1, 0.15) is 28.3 Å². The fourth-order valence-electron chi connectivity index (χ4n) is 4.22. The molecule has 1 aromatic carbocycles. The van der Waals surface area contributed by atoms with Crippen molar-refractivity contribution in [3.63, 3.8) is 0 Å². The van der Waals surface area contributed by atoms with Gasteiger partial charge in [-0.3, -0.25) is 4.79 Å². The summed E-state index contributed by atoms with van der Waals surface area (Å²) >= 11 is 0. The van der Waals surface area contributed by atoms with Crippen molar-refractivity contribution in [1.82, 2.24) is 4.90 Å². The molecule has 3 heterocycles. The summed E-state index contributed by atoms with van der Waals surface area (Å²) in [6, 6.07) is 3.33. The summed E-state index contributed by atoms with van der Waals surface area (Å²) in [6.45, 7) is 0.764. The average Bonchev–Trinajstić information content (AvgIpc) is 3.12. The van der Waals surface area contributed by atoms with Crippen LogP contribution in [0.2, 0.25) is 0 Å². The van der Waals surface area contributed by atoms with Gasteiger partial charge in [0.25, 0.3) is 5.91 Å². The van der Waals surface area contributed by atoms with Gasteiger partial charge in [0.1, 0.15) is 0 Å². The molecule has 5 rings (SSSR count). The van der Waals surface area contributed by atoms with Gasteiger partial charge in [0.05, 0.1) is 18.2 Å². The highest BCUT2D eigenvalue weighted by atomic mass is 16.7. The molecule has 0 unspecified atom stereocenters. The van der Waals surface area contributed by atoms with Crippen LogP contribution < -0.4 is 9.47 Å². The number of aliphatic hydroxyl groups is 2. The van der Waals surface area contributed by atoms with Crippen molar-refractivity contribution in [2.75, 3.05) is 13.3 Å². The van der Waals surface area contributed by atoms with Crippen LogP contribution in [0.5, 0.6) is 11.5 Å². The van der Waals surface area contributed by atoms with Crippen molar-refractivity contribution in [1.29, 1.82) is 0 Å². The number of fused-ring (bicyclic) bond motifs is 3. The van der Waals surface area contributed by atoms with E-state index in [0.29, 0.717) is 23.6 Å². The second kappa shape index (κ2) is 4.02.